The highest BCUT2D eigenvalue weighted by atomic mass is 32.1. The Bertz CT molecular complexity index is 1140. The molecule has 2 fully saturated rings. The van der Waals surface area contributed by atoms with Crippen molar-refractivity contribution in [2.75, 3.05) is 13.2 Å². The van der Waals surface area contributed by atoms with Gasteiger partial charge < -0.3 is 39.7 Å². The normalized spacial score (nSPS) is 36.3. The number of aliphatic hydroxyl groups is 4. The third-order valence-corrected chi connectivity index (χ3v) is 8.52. The number of aliphatic hydroxyl groups excluding tert-OH is 4. The van der Waals surface area contributed by atoms with Crippen molar-refractivity contribution in [3.8, 4) is 0 Å². The van der Waals surface area contributed by atoms with E-state index in [1.54, 1.807) is 0 Å². The van der Waals surface area contributed by atoms with Crippen molar-refractivity contribution in [2.45, 2.75) is 61.6 Å². The topological polar surface area (TPSA) is 259 Å². The average molecular weight is 579 g/mol. The van der Waals surface area contributed by atoms with Crippen LogP contribution in [-0.2, 0) is 32.0 Å². The summed E-state index contributed by atoms with van der Waals surface area (Å²) in [6.07, 6.45) is -9.40. The van der Waals surface area contributed by atoms with E-state index in [2.05, 4.69) is 31.0 Å². The molecule has 2 saturated heterocycles. The summed E-state index contributed by atoms with van der Waals surface area (Å²) in [6, 6.07) is 0. The zero-order valence-corrected chi connectivity index (χ0v) is 21.1. The van der Waals surface area contributed by atoms with Crippen LogP contribution in [0.4, 0.5) is 0 Å². The van der Waals surface area contributed by atoms with Gasteiger partial charge in [-0.3, -0.25) is 28.0 Å². The Morgan fingerprint density at radius 3 is 2.53 bits per heavy atom. The van der Waals surface area contributed by atoms with Crippen molar-refractivity contribution in [2.24, 2.45) is 0 Å². The molecule has 3 rings (SSSR count). The average Bonchev–Trinajstić information content (AvgIpc) is 3.14. The first-order chi connectivity index (χ1) is 16.6. The quantitative estimate of drug-likeness (QED) is 0.113. The van der Waals surface area contributed by atoms with Crippen LogP contribution in [0.15, 0.2) is 15.8 Å². The lowest BCUT2D eigenvalue weighted by Gasteiger charge is -2.41. The molecule has 1 aromatic rings. The lowest BCUT2D eigenvalue weighted by molar-refractivity contribution is -0.278. The molecule has 17 nitrogen and oxygen atoms in total. The second-order valence-corrected chi connectivity index (χ2v) is 11.6. The minimum Gasteiger partial charge on any atom is -0.756 e. The van der Waals surface area contributed by atoms with Crippen LogP contribution in [0.2, 0.25) is 0 Å². The van der Waals surface area contributed by atoms with E-state index in [-0.39, 0.29) is 12.0 Å². The molecule has 0 spiro atoms. The molecule has 0 aliphatic carbocycles. The van der Waals surface area contributed by atoms with Crippen LogP contribution in [0.1, 0.15) is 18.2 Å². The molecule has 36 heavy (non-hydrogen) atoms. The van der Waals surface area contributed by atoms with Gasteiger partial charge in [-0.1, -0.05) is 0 Å². The van der Waals surface area contributed by atoms with Crippen LogP contribution in [0.25, 0.3) is 0 Å². The molecule has 4 unspecified atom stereocenters. The minimum atomic E-state index is -5.71. The molecule has 2 aliphatic rings. The Hall–Kier alpha value is -0.950. The summed E-state index contributed by atoms with van der Waals surface area (Å²) >= 11 is 3.89. The van der Waals surface area contributed by atoms with Gasteiger partial charge in [-0.05, 0) is 6.92 Å². The molecule has 0 saturated carbocycles. The number of aryl methyl sites for hydroxylation is 1. The molecule has 0 radical (unpaired) electrons. The first-order valence-corrected chi connectivity index (χ1v) is 13.8. The highest BCUT2D eigenvalue weighted by molar-refractivity contribution is 7.81. The summed E-state index contributed by atoms with van der Waals surface area (Å²) in [6.45, 7) is -0.211. The molecule has 206 valence electrons. The Morgan fingerprint density at radius 1 is 1.22 bits per heavy atom. The predicted octanol–water partition coefficient (Wildman–Crippen LogP) is -3.15. The van der Waals surface area contributed by atoms with E-state index < -0.39 is 88.4 Å². The van der Waals surface area contributed by atoms with Crippen LogP contribution in [0.5, 0.6) is 0 Å². The monoisotopic (exact) mass is 579 g/mol. The zero-order valence-electron chi connectivity index (χ0n) is 18.4. The number of ether oxygens (including phenoxy) is 2. The largest absolute Gasteiger partial charge is 0.756 e. The Morgan fingerprint density at radius 2 is 1.89 bits per heavy atom. The molecule has 10 atom stereocenters. The maximum Gasteiger partial charge on any atom is 0.478 e. The standard InChI is InChI=1S/C16H26N2O15P2S/c1-6-3-18(16(24)17-14(6)23)10-2-7(20)9(30-10)5-29-34(25,26)33-35(27,28)32-15-12(22)13(36)11(21)8(4-19)31-15/h3,7-13,15,19-22,36H,2,4-5H2,1H3,(H,25,26)(H,27,28)(H,17,23,24)/p-1/t7-,8?,9-,10-,11-,12?,13+,15-/m1/s1. The number of phosphoric acid groups is 2. The summed E-state index contributed by atoms with van der Waals surface area (Å²) in [4.78, 5) is 47.5. The molecule has 2 aliphatic heterocycles. The number of thiol groups is 1. The second-order valence-electron chi connectivity index (χ2n) is 8.01. The maximum absolute atomic E-state index is 12.2. The van der Waals surface area contributed by atoms with E-state index in [0.29, 0.717) is 0 Å². The van der Waals surface area contributed by atoms with E-state index >= 15 is 0 Å². The molecule has 20 heteroatoms. The fourth-order valence-corrected chi connectivity index (χ4v) is 5.90. The van der Waals surface area contributed by atoms with Gasteiger partial charge in [0.05, 0.1) is 30.7 Å². The van der Waals surface area contributed by atoms with E-state index in [4.69, 9.17) is 9.47 Å². The predicted molar refractivity (Wildman–Crippen MR) is 117 cm³/mol. The zero-order chi connectivity index (χ0) is 27.0. The molecule has 3 heterocycles. The summed E-state index contributed by atoms with van der Waals surface area (Å²) in [5.74, 6) is 0. The van der Waals surface area contributed by atoms with Crippen LogP contribution in [0, 0.1) is 6.92 Å². The van der Waals surface area contributed by atoms with Crippen molar-refractivity contribution in [1.82, 2.24) is 9.55 Å². The van der Waals surface area contributed by atoms with Gasteiger partial charge in [0.1, 0.15) is 24.5 Å². The van der Waals surface area contributed by atoms with Gasteiger partial charge in [-0.25, -0.2) is 13.7 Å². The van der Waals surface area contributed by atoms with Crippen molar-refractivity contribution < 1.29 is 62.2 Å². The third kappa shape index (κ3) is 6.92. The Balaban J connectivity index is 1.59. The van der Waals surface area contributed by atoms with Crippen molar-refractivity contribution in [3.63, 3.8) is 0 Å². The number of aromatic amines is 1. The summed E-state index contributed by atoms with van der Waals surface area (Å²) in [7, 11) is -11.1. The molecule has 0 amide bonds. The molecule has 1 aromatic heterocycles. The van der Waals surface area contributed by atoms with Crippen LogP contribution in [0.3, 0.4) is 0 Å². The van der Waals surface area contributed by atoms with Gasteiger partial charge in [0.15, 0.2) is 6.29 Å². The van der Waals surface area contributed by atoms with E-state index in [1.165, 1.54) is 13.1 Å². The van der Waals surface area contributed by atoms with E-state index in [9.17, 15) is 48.9 Å². The number of nitrogens with one attached hydrogen (secondary N) is 1. The number of hydrogen-bond donors (Lipinski definition) is 7. The molecular weight excluding hydrogens is 554 g/mol. The fourth-order valence-electron chi connectivity index (χ4n) is 3.45. The smallest absolute Gasteiger partial charge is 0.478 e. The Labute approximate surface area is 207 Å². The van der Waals surface area contributed by atoms with Gasteiger partial charge in [-0.2, -0.15) is 12.6 Å². The summed E-state index contributed by atoms with van der Waals surface area (Å²) in [5, 5.41) is 37.9. The lowest BCUT2D eigenvalue weighted by Crippen LogP contribution is -2.57. The fraction of sp³-hybridized carbons (Fsp3) is 0.750. The van der Waals surface area contributed by atoms with Crippen molar-refractivity contribution in [1.29, 1.82) is 0 Å². The van der Waals surface area contributed by atoms with Gasteiger partial charge in [0.25, 0.3) is 13.4 Å². The number of rotatable bonds is 9. The van der Waals surface area contributed by atoms with Gasteiger partial charge in [-0.15, -0.1) is 0 Å². The lowest BCUT2D eigenvalue weighted by atomic mass is 10.0. The molecule has 6 N–H and O–H groups in total. The molecule has 0 aromatic carbocycles. The van der Waals surface area contributed by atoms with Crippen LogP contribution < -0.4 is 16.1 Å². The SMILES string of the molecule is Cc1cn([C@H]2C[C@@H](O)[C@@H](COP(=O)(O)OP(=O)([O-])O[C@H]3OC(CO)[C@@H](O)[C@H](S)C3O)O2)c(=O)[nH]c1=O. The first-order valence-electron chi connectivity index (χ1n) is 10.3. The first kappa shape index (κ1) is 29.6. The van der Waals surface area contributed by atoms with Crippen LogP contribution >= 0.6 is 28.3 Å². The number of H-pyrrole nitrogens is 1. The minimum absolute atomic E-state index is 0.168. The van der Waals surface area contributed by atoms with E-state index in [1.807, 2.05) is 0 Å². The summed E-state index contributed by atoms with van der Waals surface area (Å²) < 4.78 is 48.7. The third-order valence-electron chi connectivity index (χ3n) is 5.35. The maximum atomic E-state index is 12.2. The van der Waals surface area contributed by atoms with Gasteiger partial charge in [0.2, 0.25) is 0 Å². The van der Waals surface area contributed by atoms with Crippen molar-refractivity contribution >= 4 is 28.3 Å². The summed E-state index contributed by atoms with van der Waals surface area (Å²) in [5.41, 5.74) is -1.25. The number of hydrogen-bond acceptors (Lipinski definition) is 15. The van der Waals surface area contributed by atoms with E-state index in [0.717, 1.165) is 4.57 Å². The second kappa shape index (κ2) is 11.4. The Kier molecular flexibility index (Phi) is 9.40. The number of phosphoric ester groups is 2. The molecule has 0 bridgehead atoms. The highest BCUT2D eigenvalue weighted by Gasteiger charge is 2.46. The van der Waals surface area contributed by atoms with Crippen molar-refractivity contribution in [3.05, 3.63) is 32.6 Å². The van der Waals surface area contributed by atoms with Crippen LogP contribution in [-0.4, -0.2) is 90.1 Å². The number of nitrogens with zero attached hydrogens (tertiary/aromatic N) is 1. The molecular formula is C16H25N2O15P2S-. The highest BCUT2D eigenvalue weighted by Crippen LogP contribution is 2.59. The van der Waals surface area contributed by atoms with Gasteiger partial charge in [0, 0.05) is 18.2 Å². The number of aromatic nitrogens is 2. The van der Waals surface area contributed by atoms with Gasteiger partial charge >= 0.3 is 13.5 Å².